The zero-order valence-electron chi connectivity index (χ0n) is 15.0. The van der Waals surface area contributed by atoms with Crippen LogP contribution in [0.3, 0.4) is 0 Å². The van der Waals surface area contributed by atoms with E-state index in [1.165, 1.54) is 0 Å². The Morgan fingerprint density at radius 2 is 2.15 bits per heavy atom. The van der Waals surface area contributed by atoms with Gasteiger partial charge in [-0.15, -0.1) is 0 Å². The highest BCUT2D eigenvalue weighted by molar-refractivity contribution is 5.92. The summed E-state index contributed by atoms with van der Waals surface area (Å²) >= 11 is 0. The molecule has 26 heavy (non-hydrogen) atoms. The topological polar surface area (TPSA) is 102 Å². The molecule has 3 rings (SSSR count). The van der Waals surface area contributed by atoms with Crippen molar-refractivity contribution in [3.8, 4) is 0 Å². The van der Waals surface area contributed by atoms with Gasteiger partial charge in [-0.05, 0) is 25.8 Å². The summed E-state index contributed by atoms with van der Waals surface area (Å²) in [6, 6.07) is 3.41. The van der Waals surface area contributed by atoms with E-state index < -0.39 is 5.54 Å². The van der Waals surface area contributed by atoms with E-state index in [2.05, 4.69) is 15.6 Å². The number of amides is 2. The highest BCUT2D eigenvalue weighted by Gasteiger charge is 2.44. The molecule has 1 N–H and O–H groups in total. The third kappa shape index (κ3) is 3.48. The molecular formula is C17H23N5O4. The maximum atomic E-state index is 12.9. The fraction of sp³-hybridized carbons (Fsp3) is 0.529. The summed E-state index contributed by atoms with van der Waals surface area (Å²) in [7, 11) is 1.59. The SMILES string of the molecule is COCCNC(=O)C1(n2cccn2)CCN(C(=O)c2cc(C)on2)CC1. The van der Waals surface area contributed by atoms with Crippen LogP contribution in [0, 0.1) is 6.92 Å². The first-order valence-electron chi connectivity index (χ1n) is 8.57. The van der Waals surface area contributed by atoms with Gasteiger partial charge in [0.05, 0.1) is 6.61 Å². The molecule has 1 aliphatic heterocycles. The number of methoxy groups -OCH3 is 1. The molecule has 0 saturated carbocycles. The van der Waals surface area contributed by atoms with Gasteiger partial charge in [-0.25, -0.2) is 0 Å². The molecule has 0 atom stereocenters. The van der Waals surface area contributed by atoms with Crippen LogP contribution in [-0.2, 0) is 15.1 Å². The second kappa shape index (κ2) is 7.69. The van der Waals surface area contributed by atoms with Crippen molar-refractivity contribution in [2.75, 3.05) is 33.4 Å². The van der Waals surface area contributed by atoms with Crippen LogP contribution >= 0.6 is 0 Å². The predicted molar refractivity (Wildman–Crippen MR) is 91.5 cm³/mol. The first kappa shape index (κ1) is 18.1. The molecule has 2 aromatic heterocycles. The zero-order chi connectivity index (χ0) is 18.6. The zero-order valence-corrected chi connectivity index (χ0v) is 15.0. The van der Waals surface area contributed by atoms with Crippen molar-refractivity contribution in [3.05, 3.63) is 36.0 Å². The van der Waals surface area contributed by atoms with E-state index in [1.807, 2.05) is 0 Å². The molecule has 9 heteroatoms. The van der Waals surface area contributed by atoms with Crippen molar-refractivity contribution < 1.29 is 18.8 Å². The van der Waals surface area contributed by atoms with Crippen LogP contribution in [0.15, 0.2) is 29.0 Å². The monoisotopic (exact) mass is 361 g/mol. The van der Waals surface area contributed by atoms with Gasteiger partial charge in [0, 0.05) is 45.2 Å². The minimum Gasteiger partial charge on any atom is -0.383 e. The lowest BCUT2D eigenvalue weighted by Gasteiger charge is -2.40. The fourth-order valence-electron chi connectivity index (χ4n) is 3.22. The number of nitrogens with one attached hydrogen (secondary N) is 1. The number of hydrogen-bond donors (Lipinski definition) is 1. The molecule has 1 aliphatic rings. The van der Waals surface area contributed by atoms with E-state index in [1.54, 1.807) is 48.1 Å². The lowest BCUT2D eigenvalue weighted by molar-refractivity contribution is -0.133. The Morgan fingerprint density at radius 1 is 1.38 bits per heavy atom. The van der Waals surface area contributed by atoms with Gasteiger partial charge in [-0.3, -0.25) is 14.3 Å². The summed E-state index contributed by atoms with van der Waals surface area (Å²) < 4.78 is 11.7. The van der Waals surface area contributed by atoms with Crippen LogP contribution in [0.5, 0.6) is 0 Å². The molecule has 0 aromatic carbocycles. The molecule has 9 nitrogen and oxygen atoms in total. The van der Waals surface area contributed by atoms with Crippen LogP contribution in [0.1, 0.15) is 29.1 Å². The molecule has 0 radical (unpaired) electrons. The number of aromatic nitrogens is 3. The molecule has 0 aliphatic carbocycles. The minimum atomic E-state index is -0.812. The van der Waals surface area contributed by atoms with Crippen LogP contribution in [0.4, 0.5) is 0 Å². The van der Waals surface area contributed by atoms with Crippen molar-refractivity contribution in [2.45, 2.75) is 25.3 Å². The molecule has 0 bridgehead atoms. The summed E-state index contributed by atoms with van der Waals surface area (Å²) in [5, 5.41) is 11.0. The Hall–Kier alpha value is -2.68. The van der Waals surface area contributed by atoms with E-state index in [9.17, 15) is 9.59 Å². The lowest BCUT2D eigenvalue weighted by atomic mass is 9.86. The molecule has 0 spiro atoms. The molecule has 140 valence electrons. The Labute approximate surface area is 151 Å². The van der Waals surface area contributed by atoms with E-state index in [-0.39, 0.29) is 11.8 Å². The van der Waals surface area contributed by atoms with Crippen LogP contribution in [-0.4, -0.2) is 65.0 Å². The number of likely N-dealkylation sites (tertiary alicyclic amines) is 1. The molecule has 1 saturated heterocycles. The third-order valence-corrected chi connectivity index (χ3v) is 4.68. The van der Waals surface area contributed by atoms with Gasteiger partial charge in [0.25, 0.3) is 5.91 Å². The molecule has 0 unspecified atom stereocenters. The first-order valence-corrected chi connectivity index (χ1v) is 8.57. The summed E-state index contributed by atoms with van der Waals surface area (Å²) in [4.78, 5) is 27.1. The van der Waals surface area contributed by atoms with E-state index in [0.29, 0.717) is 50.5 Å². The minimum absolute atomic E-state index is 0.109. The first-order chi connectivity index (χ1) is 12.6. The Bertz CT molecular complexity index is 747. The highest BCUT2D eigenvalue weighted by Crippen LogP contribution is 2.30. The third-order valence-electron chi connectivity index (χ3n) is 4.68. The number of rotatable bonds is 6. The number of carbonyl (C=O) groups excluding carboxylic acids is 2. The van der Waals surface area contributed by atoms with Crippen LogP contribution in [0.25, 0.3) is 0 Å². The van der Waals surface area contributed by atoms with Gasteiger partial charge < -0.3 is 19.5 Å². The molecule has 2 amide bonds. The van der Waals surface area contributed by atoms with E-state index >= 15 is 0 Å². The number of aryl methyl sites for hydroxylation is 1. The fourth-order valence-corrected chi connectivity index (χ4v) is 3.22. The van der Waals surface area contributed by atoms with Crippen molar-refractivity contribution in [1.82, 2.24) is 25.2 Å². The standard InChI is InChI=1S/C17H23N5O4/c1-13-12-14(20-26-13)15(23)21-9-4-17(5-10-21,22-8-3-6-19-22)16(24)18-7-11-25-2/h3,6,8,12H,4-5,7,9-11H2,1-2H3,(H,18,24). The quantitative estimate of drug-likeness (QED) is 0.755. The Balaban J connectivity index is 1.73. The van der Waals surface area contributed by atoms with Crippen LogP contribution < -0.4 is 5.32 Å². The second-order valence-corrected chi connectivity index (χ2v) is 6.35. The maximum absolute atomic E-state index is 12.9. The smallest absolute Gasteiger partial charge is 0.276 e. The molecule has 2 aromatic rings. The summed E-state index contributed by atoms with van der Waals surface area (Å²) in [6.07, 6.45) is 4.38. The number of carbonyl (C=O) groups is 2. The van der Waals surface area contributed by atoms with Gasteiger partial charge in [-0.2, -0.15) is 5.10 Å². The average Bonchev–Trinajstić information content (AvgIpc) is 3.33. The van der Waals surface area contributed by atoms with Crippen LogP contribution in [0.2, 0.25) is 0 Å². The van der Waals surface area contributed by atoms with Crippen molar-refractivity contribution in [2.24, 2.45) is 0 Å². The average molecular weight is 361 g/mol. The van der Waals surface area contributed by atoms with Gasteiger partial charge in [0.15, 0.2) is 5.69 Å². The van der Waals surface area contributed by atoms with Gasteiger partial charge in [-0.1, -0.05) is 5.16 Å². The van der Waals surface area contributed by atoms with Crippen molar-refractivity contribution in [1.29, 1.82) is 0 Å². The summed E-state index contributed by atoms with van der Waals surface area (Å²) in [5.41, 5.74) is -0.521. The van der Waals surface area contributed by atoms with Gasteiger partial charge in [0.1, 0.15) is 11.3 Å². The van der Waals surface area contributed by atoms with Crippen molar-refractivity contribution >= 4 is 11.8 Å². The number of ether oxygens (including phenoxy) is 1. The molecule has 1 fully saturated rings. The van der Waals surface area contributed by atoms with Gasteiger partial charge in [0.2, 0.25) is 5.91 Å². The number of nitrogens with zero attached hydrogens (tertiary/aromatic N) is 4. The predicted octanol–water partition coefficient (Wildman–Crippen LogP) is 0.574. The largest absolute Gasteiger partial charge is 0.383 e. The lowest BCUT2D eigenvalue weighted by Crippen LogP contribution is -2.56. The molecule has 3 heterocycles. The van der Waals surface area contributed by atoms with Crippen molar-refractivity contribution in [3.63, 3.8) is 0 Å². The highest BCUT2D eigenvalue weighted by atomic mass is 16.5. The van der Waals surface area contributed by atoms with Gasteiger partial charge >= 0.3 is 0 Å². The summed E-state index contributed by atoms with van der Waals surface area (Å²) in [6.45, 7) is 3.48. The Morgan fingerprint density at radius 3 is 2.73 bits per heavy atom. The number of piperidine rings is 1. The normalized spacial score (nSPS) is 16.5. The van der Waals surface area contributed by atoms with E-state index in [4.69, 9.17) is 9.26 Å². The second-order valence-electron chi connectivity index (χ2n) is 6.35. The Kier molecular flexibility index (Phi) is 5.36. The molecular weight excluding hydrogens is 338 g/mol. The maximum Gasteiger partial charge on any atom is 0.276 e. The summed E-state index contributed by atoms with van der Waals surface area (Å²) in [5.74, 6) is 0.298. The number of hydrogen-bond acceptors (Lipinski definition) is 6. The van der Waals surface area contributed by atoms with E-state index in [0.717, 1.165) is 0 Å².